The number of carbonyl (C=O) groups excluding carboxylic acids is 2. The number of hydrogen-bond donors (Lipinski definition) is 0. The lowest BCUT2D eigenvalue weighted by atomic mass is 9.69. The van der Waals surface area contributed by atoms with Crippen molar-refractivity contribution in [1.29, 1.82) is 0 Å². The highest BCUT2D eigenvalue weighted by atomic mass is 16.5. The van der Waals surface area contributed by atoms with Crippen LogP contribution in [0.25, 0.3) is 0 Å². The van der Waals surface area contributed by atoms with Gasteiger partial charge in [0.1, 0.15) is 18.1 Å². The first-order valence-electron chi connectivity index (χ1n) is 11.2. The number of fused-ring (bicyclic) bond motifs is 1. The molecule has 32 heavy (non-hydrogen) atoms. The lowest BCUT2D eigenvalue weighted by Crippen LogP contribution is -2.39. The van der Waals surface area contributed by atoms with Gasteiger partial charge in [-0.25, -0.2) is 4.79 Å². The maximum atomic E-state index is 13.3. The van der Waals surface area contributed by atoms with Crippen LogP contribution in [0.3, 0.4) is 0 Å². The highest BCUT2D eigenvalue weighted by molar-refractivity contribution is 6.11. The van der Waals surface area contributed by atoms with Crippen molar-refractivity contribution in [2.45, 2.75) is 52.1 Å². The fourth-order valence-electron chi connectivity index (χ4n) is 4.65. The number of aliphatic imine (C=N–C) groups is 1. The number of ketones is 1. The smallest absolute Gasteiger partial charge is 0.336 e. The first-order chi connectivity index (χ1) is 15.5. The van der Waals surface area contributed by atoms with Gasteiger partial charge in [0.05, 0.1) is 18.6 Å². The third kappa shape index (κ3) is 4.38. The van der Waals surface area contributed by atoms with Crippen LogP contribution in [0.5, 0.6) is 5.75 Å². The molecule has 1 unspecified atom stereocenters. The second-order valence-corrected chi connectivity index (χ2v) is 8.40. The number of nitrogens with zero attached hydrogens (tertiary/aromatic N) is 1. The van der Waals surface area contributed by atoms with Crippen molar-refractivity contribution in [2.24, 2.45) is 10.9 Å². The number of allylic oxidation sites excluding steroid dienone is 1. The summed E-state index contributed by atoms with van der Waals surface area (Å²) in [6.45, 7) is 4.10. The molecule has 2 atom stereocenters. The van der Waals surface area contributed by atoms with Gasteiger partial charge in [-0.15, -0.1) is 0 Å². The second kappa shape index (κ2) is 9.51. The summed E-state index contributed by atoms with van der Waals surface area (Å²) in [6, 6.07) is 15.6. The summed E-state index contributed by atoms with van der Waals surface area (Å²) < 4.78 is 10.9. The van der Waals surface area contributed by atoms with Crippen molar-refractivity contribution < 1.29 is 19.1 Å². The van der Waals surface area contributed by atoms with E-state index in [0.717, 1.165) is 41.9 Å². The zero-order valence-corrected chi connectivity index (χ0v) is 18.9. The Bertz CT molecular complexity index is 1060. The van der Waals surface area contributed by atoms with Crippen LogP contribution in [-0.4, -0.2) is 24.6 Å². The molecule has 1 heterocycles. The molecule has 4 rings (SSSR count). The average Bonchev–Trinajstić information content (AvgIpc) is 2.82. The fraction of sp³-hybridized carbons (Fsp3) is 0.370. The summed E-state index contributed by atoms with van der Waals surface area (Å²) in [5.41, 5.74) is 5.09. The number of benzene rings is 2. The van der Waals surface area contributed by atoms with Crippen molar-refractivity contribution in [3.05, 3.63) is 76.5 Å². The van der Waals surface area contributed by atoms with E-state index in [9.17, 15) is 9.59 Å². The molecule has 2 aliphatic rings. The Morgan fingerprint density at radius 3 is 2.34 bits per heavy atom. The van der Waals surface area contributed by atoms with Gasteiger partial charge in [0.2, 0.25) is 0 Å². The van der Waals surface area contributed by atoms with E-state index in [-0.39, 0.29) is 24.2 Å². The summed E-state index contributed by atoms with van der Waals surface area (Å²) in [5, 5.41) is 0. The highest BCUT2D eigenvalue weighted by Crippen LogP contribution is 2.43. The molecule has 5 heteroatoms. The van der Waals surface area contributed by atoms with E-state index < -0.39 is 5.97 Å². The van der Waals surface area contributed by atoms with E-state index in [2.05, 4.69) is 19.1 Å². The van der Waals surface area contributed by atoms with Gasteiger partial charge < -0.3 is 9.47 Å². The van der Waals surface area contributed by atoms with E-state index >= 15 is 0 Å². The predicted octanol–water partition coefficient (Wildman–Crippen LogP) is 5.18. The Labute approximate surface area is 189 Å². The van der Waals surface area contributed by atoms with Gasteiger partial charge in [-0.3, -0.25) is 9.79 Å². The average molecular weight is 432 g/mol. The molecule has 0 spiro atoms. The minimum Gasteiger partial charge on any atom is -0.497 e. The molecule has 1 aliphatic carbocycles. The van der Waals surface area contributed by atoms with Crippen LogP contribution in [0.1, 0.15) is 55.7 Å². The van der Waals surface area contributed by atoms with Gasteiger partial charge in [-0.05, 0) is 55.0 Å². The summed E-state index contributed by atoms with van der Waals surface area (Å²) in [5.74, 6) is -0.246. The van der Waals surface area contributed by atoms with E-state index in [1.807, 2.05) is 43.3 Å². The van der Waals surface area contributed by atoms with Crippen molar-refractivity contribution in [2.75, 3.05) is 7.11 Å². The van der Waals surface area contributed by atoms with Gasteiger partial charge in [0.15, 0.2) is 0 Å². The van der Waals surface area contributed by atoms with Crippen molar-refractivity contribution in [1.82, 2.24) is 0 Å². The topological polar surface area (TPSA) is 65.0 Å². The van der Waals surface area contributed by atoms with Crippen molar-refractivity contribution in [3.63, 3.8) is 0 Å². The first kappa shape index (κ1) is 22.0. The molecule has 0 saturated heterocycles. The van der Waals surface area contributed by atoms with Gasteiger partial charge in [0.25, 0.3) is 0 Å². The van der Waals surface area contributed by atoms with E-state index in [0.29, 0.717) is 17.7 Å². The lowest BCUT2D eigenvalue weighted by Gasteiger charge is -2.35. The molecule has 2 aromatic rings. The highest BCUT2D eigenvalue weighted by Gasteiger charge is 2.43. The quantitative estimate of drug-likeness (QED) is 0.591. The maximum Gasteiger partial charge on any atom is 0.336 e. The minimum absolute atomic E-state index is 0.149. The van der Waals surface area contributed by atoms with Crippen LogP contribution in [0, 0.1) is 5.92 Å². The minimum atomic E-state index is -0.413. The van der Waals surface area contributed by atoms with Gasteiger partial charge in [-0.2, -0.15) is 0 Å². The molecule has 166 valence electrons. The Morgan fingerprint density at radius 1 is 1.00 bits per heavy atom. The number of ether oxygens (including phenoxy) is 2. The number of rotatable bonds is 6. The van der Waals surface area contributed by atoms with Crippen LogP contribution < -0.4 is 4.74 Å². The molecule has 0 amide bonds. The molecule has 1 aliphatic heterocycles. The number of methoxy groups -OCH3 is 1. The summed E-state index contributed by atoms with van der Waals surface area (Å²) in [4.78, 5) is 31.0. The molecule has 0 N–H and O–H groups in total. The van der Waals surface area contributed by atoms with Crippen molar-refractivity contribution in [3.8, 4) is 5.75 Å². The normalized spacial score (nSPS) is 20.5. The van der Waals surface area contributed by atoms with Crippen LogP contribution in [0.15, 0.2) is 64.8 Å². The number of esters is 1. The zero-order valence-electron chi connectivity index (χ0n) is 18.9. The Hall–Kier alpha value is -3.21. The third-order valence-corrected chi connectivity index (χ3v) is 6.40. The molecule has 5 nitrogen and oxygen atoms in total. The van der Waals surface area contributed by atoms with Crippen LogP contribution >= 0.6 is 0 Å². The predicted molar refractivity (Wildman–Crippen MR) is 124 cm³/mol. The Morgan fingerprint density at radius 2 is 1.69 bits per heavy atom. The number of aryl methyl sites for hydroxylation is 1. The van der Waals surface area contributed by atoms with Gasteiger partial charge >= 0.3 is 5.97 Å². The van der Waals surface area contributed by atoms with Crippen molar-refractivity contribution >= 4 is 17.5 Å². The van der Waals surface area contributed by atoms with E-state index in [4.69, 9.17) is 14.5 Å². The fourth-order valence-corrected chi connectivity index (χ4v) is 4.65. The SMILES string of the molecule is CCc1ccc([C@H]2C(C(=O)OCc3ccc(OC)cc3)=C(C)N=C3CCCC(=O)C32)cc1. The molecule has 0 bridgehead atoms. The standard InChI is InChI=1S/C27H29NO4/c1-4-18-8-12-20(13-9-18)25-24(17(2)28-22-6-5-7-23(29)26(22)25)27(30)32-16-19-10-14-21(31-3)15-11-19/h8-15,25-26H,4-7,16H2,1-3H3/t25-,26?/m0/s1. The maximum absolute atomic E-state index is 13.3. The van der Waals surface area contributed by atoms with Gasteiger partial charge in [0, 0.05) is 23.7 Å². The van der Waals surface area contributed by atoms with E-state index in [1.165, 1.54) is 5.56 Å². The molecule has 0 radical (unpaired) electrons. The molecular weight excluding hydrogens is 402 g/mol. The largest absolute Gasteiger partial charge is 0.497 e. The van der Waals surface area contributed by atoms with Crippen LogP contribution in [0.2, 0.25) is 0 Å². The second-order valence-electron chi connectivity index (χ2n) is 8.40. The number of Topliss-reactive ketones (excluding diaryl/α,β-unsaturated/α-hetero) is 1. The third-order valence-electron chi connectivity index (χ3n) is 6.40. The molecule has 2 aromatic carbocycles. The Kier molecular flexibility index (Phi) is 6.54. The number of carbonyl (C=O) groups is 2. The summed E-state index contributed by atoms with van der Waals surface area (Å²) in [7, 11) is 1.61. The monoisotopic (exact) mass is 431 g/mol. The van der Waals surface area contributed by atoms with Gasteiger partial charge in [-0.1, -0.05) is 43.3 Å². The zero-order chi connectivity index (χ0) is 22.7. The summed E-state index contributed by atoms with van der Waals surface area (Å²) >= 11 is 0. The van der Waals surface area contributed by atoms with Crippen LogP contribution in [-0.2, 0) is 27.4 Å². The van der Waals surface area contributed by atoms with Crippen LogP contribution in [0.4, 0.5) is 0 Å². The molecule has 0 aromatic heterocycles. The molecule has 1 fully saturated rings. The van der Waals surface area contributed by atoms with E-state index in [1.54, 1.807) is 7.11 Å². The number of hydrogen-bond acceptors (Lipinski definition) is 5. The summed E-state index contributed by atoms with van der Waals surface area (Å²) in [6.07, 6.45) is 3.08. The Balaban J connectivity index is 1.66. The molecular formula is C27H29NO4. The lowest BCUT2D eigenvalue weighted by molar-refractivity contribution is -0.140. The molecule has 1 saturated carbocycles. The first-order valence-corrected chi connectivity index (χ1v) is 11.2.